The molecule has 3 aromatic heterocycles. The second kappa shape index (κ2) is 8.73. The van der Waals surface area contributed by atoms with Crippen LogP contribution in [0.3, 0.4) is 0 Å². The van der Waals surface area contributed by atoms with Crippen LogP contribution < -0.4 is 15.4 Å². The summed E-state index contributed by atoms with van der Waals surface area (Å²) in [6, 6.07) is 8.27. The molecule has 9 nitrogen and oxygen atoms in total. The summed E-state index contributed by atoms with van der Waals surface area (Å²) in [6.07, 6.45) is 7.50. The second-order valence-corrected chi connectivity index (χ2v) is 7.05. The molecule has 0 amide bonds. The maximum absolute atomic E-state index is 5.22. The predicted octanol–water partition coefficient (Wildman–Crippen LogP) is 3.60. The van der Waals surface area contributed by atoms with Gasteiger partial charge in [0, 0.05) is 25.0 Å². The average Bonchev–Trinajstić information content (AvgIpc) is 3.19. The second-order valence-electron chi connectivity index (χ2n) is 7.05. The molecule has 0 saturated carbocycles. The molecule has 0 aliphatic heterocycles. The number of fused-ring (bicyclic) bond motifs is 1. The summed E-state index contributed by atoms with van der Waals surface area (Å²) in [5, 5.41) is 6.53. The van der Waals surface area contributed by atoms with Crippen LogP contribution in [-0.4, -0.2) is 43.1 Å². The minimum absolute atomic E-state index is 0.224. The largest absolute Gasteiger partial charge is 0.497 e. The van der Waals surface area contributed by atoms with Crippen molar-refractivity contribution in [2.75, 3.05) is 24.3 Å². The molecule has 4 rings (SSSR count). The summed E-state index contributed by atoms with van der Waals surface area (Å²) in [4.78, 5) is 22.1. The van der Waals surface area contributed by atoms with E-state index in [1.165, 1.54) is 5.56 Å². The lowest BCUT2D eigenvalue weighted by Crippen LogP contribution is -2.10. The Kier molecular flexibility index (Phi) is 5.69. The highest BCUT2D eigenvalue weighted by Crippen LogP contribution is 2.24. The van der Waals surface area contributed by atoms with Gasteiger partial charge in [0.25, 0.3) is 0 Å². The summed E-state index contributed by atoms with van der Waals surface area (Å²) in [5.74, 6) is 2.55. The van der Waals surface area contributed by atoms with E-state index in [1.807, 2.05) is 16.7 Å². The fourth-order valence-electron chi connectivity index (χ4n) is 3.07. The van der Waals surface area contributed by atoms with Crippen molar-refractivity contribution in [1.82, 2.24) is 29.5 Å². The van der Waals surface area contributed by atoms with E-state index in [1.54, 1.807) is 32.0 Å². The summed E-state index contributed by atoms with van der Waals surface area (Å²) >= 11 is 0. The standard InChI is InChI=1S/C21H24N8O/c1-14(2)29-13-25-18-19(24-9-8-15-4-6-16(30-3)7-5-15)27-21(28-20(18)29)26-17-12-22-10-11-23-17/h4-7,10-14H,8-9H2,1-3H3,(H2,23,24,26,27,28). The number of aromatic nitrogens is 6. The van der Waals surface area contributed by atoms with Crippen molar-refractivity contribution in [2.45, 2.75) is 26.3 Å². The van der Waals surface area contributed by atoms with E-state index in [0.29, 0.717) is 24.1 Å². The van der Waals surface area contributed by atoms with Crippen LogP contribution in [0.15, 0.2) is 49.2 Å². The zero-order valence-corrected chi connectivity index (χ0v) is 17.2. The van der Waals surface area contributed by atoms with Gasteiger partial charge in [-0.25, -0.2) is 9.97 Å². The number of hydrogen-bond donors (Lipinski definition) is 2. The molecule has 0 fully saturated rings. The monoisotopic (exact) mass is 404 g/mol. The molecule has 30 heavy (non-hydrogen) atoms. The van der Waals surface area contributed by atoms with Crippen molar-refractivity contribution in [3.8, 4) is 5.75 Å². The molecule has 0 aliphatic rings. The van der Waals surface area contributed by atoms with Crippen LogP contribution in [-0.2, 0) is 6.42 Å². The van der Waals surface area contributed by atoms with Gasteiger partial charge in [-0.3, -0.25) is 4.98 Å². The van der Waals surface area contributed by atoms with Crippen LogP contribution in [0.4, 0.5) is 17.6 Å². The Morgan fingerprint density at radius 3 is 2.60 bits per heavy atom. The fourth-order valence-corrected chi connectivity index (χ4v) is 3.07. The molecule has 0 atom stereocenters. The van der Waals surface area contributed by atoms with Gasteiger partial charge in [-0.15, -0.1) is 0 Å². The zero-order chi connectivity index (χ0) is 20.9. The van der Waals surface area contributed by atoms with E-state index in [4.69, 9.17) is 4.74 Å². The van der Waals surface area contributed by atoms with E-state index in [0.717, 1.165) is 23.3 Å². The molecular weight excluding hydrogens is 380 g/mol. The summed E-state index contributed by atoms with van der Waals surface area (Å²) in [6.45, 7) is 4.89. The van der Waals surface area contributed by atoms with Gasteiger partial charge in [-0.1, -0.05) is 12.1 Å². The molecule has 0 unspecified atom stereocenters. The molecule has 154 valence electrons. The number of rotatable bonds is 8. The van der Waals surface area contributed by atoms with Crippen LogP contribution in [0, 0.1) is 0 Å². The lowest BCUT2D eigenvalue weighted by atomic mass is 10.1. The highest BCUT2D eigenvalue weighted by Gasteiger charge is 2.15. The van der Waals surface area contributed by atoms with Crippen molar-refractivity contribution >= 4 is 28.7 Å². The average molecular weight is 404 g/mol. The van der Waals surface area contributed by atoms with Gasteiger partial charge in [0.05, 0.1) is 19.6 Å². The molecule has 4 aromatic rings. The van der Waals surface area contributed by atoms with Gasteiger partial charge in [0.15, 0.2) is 22.8 Å². The molecule has 2 N–H and O–H groups in total. The number of imidazole rings is 1. The van der Waals surface area contributed by atoms with Crippen molar-refractivity contribution in [2.24, 2.45) is 0 Å². The number of anilines is 3. The number of ether oxygens (including phenoxy) is 1. The van der Waals surface area contributed by atoms with Crippen LogP contribution in [0.1, 0.15) is 25.5 Å². The first-order valence-electron chi connectivity index (χ1n) is 9.78. The van der Waals surface area contributed by atoms with Crippen LogP contribution in [0.2, 0.25) is 0 Å². The summed E-state index contributed by atoms with van der Waals surface area (Å²) in [7, 11) is 1.67. The number of benzene rings is 1. The normalized spacial score (nSPS) is 11.1. The third-order valence-corrected chi connectivity index (χ3v) is 4.65. The highest BCUT2D eigenvalue weighted by atomic mass is 16.5. The Balaban J connectivity index is 1.58. The summed E-state index contributed by atoms with van der Waals surface area (Å²) < 4.78 is 7.24. The van der Waals surface area contributed by atoms with Crippen LogP contribution in [0.25, 0.3) is 11.2 Å². The van der Waals surface area contributed by atoms with E-state index < -0.39 is 0 Å². The molecule has 0 aliphatic carbocycles. The number of nitrogens with zero attached hydrogens (tertiary/aromatic N) is 6. The Labute approximate surface area is 174 Å². The number of methoxy groups -OCH3 is 1. The van der Waals surface area contributed by atoms with Gasteiger partial charge in [-0.05, 0) is 38.0 Å². The summed E-state index contributed by atoms with van der Waals surface area (Å²) in [5.41, 5.74) is 2.71. The van der Waals surface area contributed by atoms with Crippen molar-refractivity contribution in [1.29, 1.82) is 0 Å². The first kappa shape index (κ1) is 19.6. The Morgan fingerprint density at radius 1 is 1.07 bits per heavy atom. The molecule has 9 heteroatoms. The molecule has 0 saturated heterocycles. The topological polar surface area (TPSA) is 103 Å². The Hall–Kier alpha value is -3.75. The highest BCUT2D eigenvalue weighted by molar-refractivity contribution is 5.84. The third-order valence-electron chi connectivity index (χ3n) is 4.65. The molecule has 0 spiro atoms. The van der Waals surface area contributed by atoms with E-state index in [2.05, 4.69) is 61.5 Å². The van der Waals surface area contributed by atoms with Crippen LogP contribution in [0.5, 0.6) is 5.75 Å². The molecule has 3 heterocycles. The van der Waals surface area contributed by atoms with Crippen LogP contribution >= 0.6 is 0 Å². The minimum Gasteiger partial charge on any atom is -0.497 e. The molecule has 1 aromatic carbocycles. The van der Waals surface area contributed by atoms with Gasteiger partial charge in [-0.2, -0.15) is 9.97 Å². The maximum Gasteiger partial charge on any atom is 0.232 e. The zero-order valence-electron chi connectivity index (χ0n) is 17.2. The number of hydrogen-bond acceptors (Lipinski definition) is 8. The lowest BCUT2D eigenvalue weighted by Gasteiger charge is -2.12. The quantitative estimate of drug-likeness (QED) is 0.459. The third kappa shape index (κ3) is 4.29. The van der Waals surface area contributed by atoms with Gasteiger partial charge < -0.3 is 19.9 Å². The van der Waals surface area contributed by atoms with E-state index in [-0.39, 0.29) is 6.04 Å². The maximum atomic E-state index is 5.22. The van der Waals surface area contributed by atoms with E-state index in [9.17, 15) is 0 Å². The van der Waals surface area contributed by atoms with Gasteiger partial charge in [0.1, 0.15) is 5.75 Å². The Bertz CT molecular complexity index is 1110. The molecule has 0 bridgehead atoms. The van der Waals surface area contributed by atoms with E-state index >= 15 is 0 Å². The fraction of sp³-hybridized carbons (Fsp3) is 0.286. The predicted molar refractivity (Wildman–Crippen MR) is 116 cm³/mol. The first-order chi connectivity index (χ1) is 14.6. The van der Waals surface area contributed by atoms with Crippen molar-refractivity contribution in [3.05, 3.63) is 54.7 Å². The Morgan fingerprint density at radius 2 is 1.90 bits per heavy atom. The molecular formula is C21H24N8O. The van der Waals surface area contributed by atoms with Gasteiger partial charge in [0.2, 0.25) is 5.95 Å². The smallest absolute Gasteiger partial charge is 0.232 e. The van der Waals surface area contributed by atoms with Gasteiger partial charge >= 0.3 is 0 Å². The number of nitrogens with one attached hydrogen (secondary N) is 2. The lowest BCUT2D eigenvalue weighted by molar-refractivity contribution is 0.414. The molecule has 0 radical (unpaired) electrons. The minimum atomic E-state index is 0.224. The first-order valence-corrected chi connectivity index (χ1v) is 9.78. The van der Waals surface area contributed by atoms with Crippen molar-refractivity contribution < 1.29 is 4.74 Å². The SMILES string of the molecule is COc1ccc(CCNc2nc(Nc3cnccn3)nc3c2ncn3C(C)C)cc1. The van der Waals surface area contributed by atoms with Crippen molar-refractivity contribution in [3.63, 3.8) is 0 Å².